The van der Waals surface area contributed by atoms with Crippen LogP contribution in [0.5, 0.6) is 5.75 Å². The average molecular weight is 309 g/mol. The molecule has 1 saturated heterocycles. The van der Waals surface area contributed by atoms with E-state index in [1.807, 2.05) is 0 Å². The highest BCUT2D eigenvalue weighted by Crippen LogP contribution is 2.28. The minimum absolute atomic E-state index is 0.248. The molecule has 1 fully saturated rings. The van der Waals surface area contributed by atoms with Crippen LogP contribution in [-0.4, -0.2) is 24.2 Å². The molecule has 1 heterocycles. The van der Waals surface area contributed by atoms with Gasteiger partial charge in [0.1, 0.15) is 5.75 Å². The Morgan fingerprint density at radius 1 is 1.09 bits per heavy atom. The molecule has 2 heteroatoms. The molecule has 23 heavy (non-hydrogen) atoms. The summed E-state index contributed by atoms with van der Waals surface area (Å²) in [5.41, 5.74) is 5.30. The molecule has 122 valence electrons. The molecule has 0 bridgehead atoms. The first-order chi connectivity index (χ1) is 11.2. The normalized spacial score (nSPS) is 18.3. The monoisotopic (exact) mass is 309 g/mol. The number of ether oxygens (including phenoxy) is 1. The van der Waals surface area contributed by atoms with E-state index >= 15 is 0 Å². The zero-order chi connectivity index (χ0) is 16.2. The Morgan fingerprint density at radius 2 is 1.87 bits per heavy atom. The van der Waals surface area contributed by atoms with Crippen LogP contribution in [0.4, 0.5) is 0 Å². The summed E-state index contributed by atoms with van der Waals surface area (Å²) >= 11 is 0. The van der Waals surface area contributed by atoms with Gasteiger partial charge >= 0.3 is 0 Å². The van der Waals surface area contributed by atoms with E-state index in [1.165, 1.54) is 28.7 Å². The van der Waals surface area contributed by atoms with Crippen molar-refractivity contribution in [2.45, 2.75) is 46.3 Å². The molecule has 1 unspecified atom stereocenters. The molecule has 0 saturated carbocycles. The van der Waals surface area contributed by atoms with Gasteiger partial charge in [-0.1, -0.05) is 43.3 Å². The number of nitrogens with zero attached hydrogens (tertiary/aromatic N) is 1. The van der Waals surface area contributed by atoms with Crippen molar-refractivity contribution in [3.8, 4) is 5.75 Å². The smallest absolute Gasteiger partial charge is 0.152 e. The minimum Gasteiger partial charge on any atom is -0.475 e. The van der Waals surface area contributed by atoms with Crippen LogP contribution < -0.4 is 4.74 Å². The van der Waals surface area contributed by atoms with Gasteiger partial charge in [0.2, 0.25) is 0 Å². The molecule has 2 aromatic rings. The molecule has 0 amide bonds. The van der Waals surface area contributed by atoms with E-state index in [2.05, 4.69) is 68.1 Å². The third kappa shape index (κ3) is 3.76. The van der Waals surface area contributed by atoms with Crippen LogP contribution in [0.1, 0.15) is 42.0 Å². The summed E-state index contributed by atoms with van der Waals surface area (Å²) in [7, 11) is 0. The highest BCUT2D eigenvalue weighted by atomic mass is 16.5. The van der Waals surface area contributed by atoms with E-state index in [0.29, 0.717) is 0 Å². The Hall–Kier alpha value is -1.80. The van der Waals surface area contributed by atoms with E-state index < -0.39 is 0 Å². The first-order valence-electron chi connectivity index (χ1n) is 8.72. The van der Waals surface area contributed by atoms with Gasteiger partial charge in [-0.3, -0.25) is 4.90 Å². The molecule has 1 aliphatic rings. The van der Waals surface area contributed by atoms with Gasteiger partial charge in [0.05, 0.1) is 0 Å². The number of benzene rings is 2. The highest BCUT2D eigenvalue weighted by Gasteiger charge is 2.25. The topological polar surface area (TPSA) is 12.5 Å². The molecule has 0 aliphatic carbocycles. The van der Waals surface area contributed by atoms with Gasteiger partial charge < -0.3 is 4.74 Å². The maximum absolute atomic E-state index is 6.32. The Labute approximate surface area is 140 Å². The fourth-order valence-electron chi connectivity index (χ4n) is 3.42. The Balaban J connectivity index is 1.77. The zero-order valence-corrected chi connectivity index (χ0v) is 14.5. The maximum atomic E-state index is 6.32. The van der Waals surface area contributed by atoms with Crippen molar-refractivity contribution in [1.82, 2.24) is 4.90 Å². The van der Waals surface area contributed by atoms with Crippen molar-refractivity contribution >= 4 is 0 Å². The summed E-state index contributed by atoms with van der Waals surface area (Å²) in [4.78, 5) is 2.42. The summed E-state index contributed by atoms with van der Waals surface area (Å²) in [6.45, 7) is 8.79. The fraction of sp³-hybridized carbons (Fsp3) is 0.429. The lowest BCUT2D eigenvalue weighted by atomic mass is 9.98. The van der Waals surface area contributed by atoms with Crippen LogP contribution in [0.2, 0.25) is 0 Å². The number of hydrogen-bond donors (Lipinski definition) is 0. The molecule has 0 spiro atoms. The molecule has 2 nitrogen and oxygen atoms in total. The molecule has 0 N–H and O–H groups in total. The van der Waals surface area contributed by atoms with Gasteiger partial charge in [-0.05, 0) is 68.0 Å². The van der Waals surface area contributed by atoms with E-state index in [0.717, 1.165) is 31.7 Å². The van der Waals surface area contributed by atoms with Gasteiger partial charge in [-0.2, -0.15) is 0 Å². The lowest BCUT2D eigenvalue weighted by Gasteiger charge is -2.25. The summed E-state index contributed by atoms with van der Waals surface area (Å²) in [5, 5.41) is 0. The predicted molar refractivity (Wildman–Crippen MR) is 96.1 cm³/mol. The zero-order valence-electron chi connectivity index (χ0n) is 14.5. The lowest BCUT2D eigenvalue weighted by Crippen LogP contribution is -2.33. The van der Waals surface area contributed by atoms with Crippen LogP contribution in [0, 0.1) is 13.8 Å². The number of rotatable bonds is 5. The van der Waals surface area contributed by atoms with Gasteiger partial charge in [-0.25, -0.2) is 0 Å². The van der Waals surface area contributed by atoms with E-state index in [1.54, 1.807) is 0 Å². The Kier molecular flexibility index (Phi) is 5.02. The molecule has 1 atom stereocenters. The second-order valence-corrected chi connectivity index (χ2v) is 6.55. The summed E-state index contributed by atoms with van der Waals surface area (Å²) < 4.78 is 6.32. The molecular formula is C21H27NO. The molecular weight excluding hydrogens is 282 g/mol. The highest BCUT2D eigenvalue weighted by molar-refractivity contribution is 5.43. The average Bonchev–Trinajstić information content (AvgIpc) is 3.00. The lowest BCUT2D eigenvalue weighted by molar-refractivity contribution is 0.0643. The van der Waals surface area contributed by atoms with Crippen molar-refractivity contribution in [2.24, 2.45) is 0 Å². The second kappa shape index (κ2) is 7.18. The third-order valence-electron chi connectivity index (χ3n) is 4.84. The molecule has 3 rings (SSSR count). The van der Waals surface area contributed by atoms with Crippen molar-refractivity contribution < 1.29 is 4.74 Å². The van der Waals surface area contributed by atoms with Crippen LogP contribution in [-0.2, 0) is 6.42 Å². The van der Waals surface area contributed by atoms with Crippen molar-refractivity contribution in [3.05, 3.63) is 64.7 Å². The minimum atomic E-state index is 0.248. The molecule has 0 radical (unpaired) electrons. The van der Waals surface area contributed by atoms with Gasteiger partial charge in [-0.15, -0.1) is 0 Å². The second-order valence-electron chi connectivity index (χ2n) is 6.55. The van der Waals surface area contributed by atoms with Gasteiger partial charge in [0.15, 0.2) is 6.23 Å². The predicted octanol–water partition coefficient (Wildman–Crippen LogP) is 4.71. The van der Waals surface area contributed by atoms with Crippen LogP contribution in [0.25, 0.3) is 0 Å². The Bertz CT molecular complexity index is 650. The van der Waals surface area contributed by atoms with Crippen molar-refractivity contribution in [1.29, 1.82) is 0 Å². The SMILES string of the molecule is CCN1CCCC1Oc1cc(C)c(Cc2ccccc2)cc1C. The quantitative estimate of drug-likeness (QED) is 0.792. The van der Waals surface area contributed by atoms with E-state index in [4.69, 9.17) is 4.74 Å². The number of aryl methyl sites for hydroxylation is 2. The Morgan fingerprint density at radius 3 is 2.61 bits per heavy atom. The standard InChI is InChI=1S/C21H27NO/c1-4-22-12-8-11-21(22)23-20-14-16(2)19(13-17(20)3)15-18-9-6-5-7-10-18/h5-7,9-10,13-14,21H,4,8,11-12,15H2,1-3H3. The third-order valence-corrected chi connectivity index (χ3v) is 4.84. The molecule has 2 aromatic carbocycles. The van der Waals surface area contributed by atoms with E-state index in [-0.39, 0.29) is 6.23 Å². The molecule has 1 aliphatic heterocycles. The molecule has 0 aromatic heterocycles. The first-order valence-corrected chi connectivity index (χ1v) is 8.72. The van der Waals surface area contributed by atoms with Crippen LogP contribution >= 0.6 is 0 Å². The van der Waals surface area contributed by atoms with Gasteiger partial charge in [0.25, 0.3) is 0 Å². The number of likely N-dealkylation sites (tertiary alicyclic amines) is 1. The van der Waals surface area contributed by atoms with Crippen LogP contribution in [0.15, 0.2) is 42.5 Å². The first kappa shape index (κ1) is 16.1. The summed E-state index contributed by atoms with van der Waals surface area (Å²) in [6.07, 6.45) is 3.61. The van der Waals surface area contributed by atoms with E-state index in [9.17, 15) is 0 Å². The van der Waals surface area contributed by atoms with Crippen molar-refractivity contribution in [2.75, 3.05) is 13.1 Å². The van der Waals surface area contributed by atoms with Crippen LogP contribution in [0.3, 0.4) is 0 Å². The largest absolute Gasteiger partial charge is 0.475 e. The fourth-order valence-corrected chi connectivity index (χ4v) is 3.42. The summed E-state index contributed by atoms with van der Waals surface area (Å²) in [6, 6.07) is 15.2. The number of hydrogen-bond acceptors (Lipinski definition) is 2. The van der Waals surface area contributed by atoms with Gasteiger partial charge in [0, 0.05) is 6.54 Å². The van der Waals surface area contributed by atoms with Crippen molar-refractivity contribution in [3.63, 3.8) is 0 Å². The maximum Gasteiger partial charge on any atom is 0.152 e. The summed E-state index contributed by atoms with van der Waals surface area (Å²) in [5.74, 6) is 1.05.